The van der Waals surface area contributed by atoms with Crippen LogP contribution in [0.2, 0.25) is 0 Å². The predicted molar refractivity (Wildman–Crippen MR) is 68.0 cm³/mol. The van der Waals surface area contributed by atoms with Crippen molar-refractivity contribution in [2.24, 2.45) is 40.2 Å². The van der Waals surface area contributed by atoms with E-state index in [0.717, 1.165) is 30.2 Å². The van der Waals surface area contributed by atoms with E-state index in [1.54, 1.807) is 0 Å². The van der Waals surface area contributed by atoms with E-state index < -0.39 is 0 Å². The van der Waals surface area contributed by atoms with Gasteiger partial charge in [-0.15, -0.1) is 0 Å². The molecule has 0 saturated heterocycles. The van der Waals surface area contributed by atoms with E-state index in [-0.39, 0.29) is 0 Å². The maximum absolute atomic E-state index is 6.01. The van der Waals surface area contributed by atoms with Crippen LogP contribution >= 0.6 is 0 Å². The zero-order chi connectivity index (χ0) is 11.6. The molecule has 4 rings (SSSR count). The molecule has 0 heterocycles. The van der Waals surface area contributed by atoms with Gasteiger partial charge < -0.3 is 5.73 Å². The van der Waals surface area contributed by atoms with Gasteiger partial charge in [-0.05, 0) is 73.2 Å². The van der Waals surface area contributed by atoms with Gasteiger partial charge in [-0.3, -0.25) is 0 Å². The molecule has 1 heteroatoms. The van der Waals surface area contributed by atoms with E-state index >= 15 is 0 Å². The van der Waals surface area contributed by atoms with E-state index in [1.165, 1.54) is 32.1 Å². The van der Waals surface area contributed by atoms with Crippen molar-refractivity contribution in [2.45, 2.75) is 52.9 Å². The quantitative estimate of drug-likeness (QED) is 0.721. The summed E-state index contributed by atoms with van der Waals surface area (Å²) in [5.74, 6) is 3.84. The first-order valence-electron chi connectivity index (χ1n) is 7.15. The van der Waals surface area contributed by atoms with E-state index in [2.05, 4.69) is 20.8 Å². The highest BCUT2D eigenvalue weighted by atomic mass is 14.7. The van der Waals surface area contributed by atoms with Gasteiger partial charge in [-0.2, -0.15) is 0 Å². The van der Waals surface area contributed by atoms with Crippen molar-refractivity contribution in [3.8, 4) is 0 Å². The number of hydrogen-bond donors (Lipinski definition) is 1. The molecule has 1 nitrogen and oxygen atoms in total. The van der Waals surface area contributed by atoms with Crippen LogP contribution in [0.3, 0.4) is 0 Å². The minimum absolute atomic E-state index is 0.502. The zero-order valence-electron chi connectivity index (χ0n) is 11.1. The Morgan fingerprint density at radius 1 is 1.06 bits per heavy atom. The average Bonchev–Trinajstić information content (AvgIpc) is 2.14. The third-order valence-electron chi connectivity index (χ3n) is 6.33. The summed E-state index contributed by atoms with van der Waals surface area (Å²) < 4.78 is 0. The standard InChI is InChI=1S/C15H27N/c1-14(2,3)15-6-10-4-11(7-15)13(9-16)12(5-10)8-15/h10-13H,4-9,16H2,1-3H3. The second kappa shape index (κ2) is 3.25. The molecule has 4 aliphatic rings. The highest BCUT2D eigenvalue weighted by Crippen LogP contribution is 2.67. The molecule has 16 heavy (non-hydrogen) atoms. The lowest BCUT2D eigenvalue weighted by atomic mass is 9.41. The van der Waals surface area contributed by atoms with Crippen LogP contribution in [-0.4, -0.2) is 6.54 Å². The fraction of sp³-hybridized carbons (Fsp3) is 1.00. The SMILES string of the molecule is CC(C)(C)C12CC3CC(C1)C(CN)C(C3)C2. The number of rotatable bonds is 1. The Bertz CT molecular complexity index is 272. The molecule has 0 aliphatic heterocycles. The van der Waals surface area contributed by atoms with Crippen LogP contribution < -0.4 is 5.73 Å². The Balaban J connectivity index is 1.92. The molecule has 2 atom stereocenters. The average molecular weight is 221 g/mol. The summed E-state index contributed by atoms with van der Waals surface area (Å²) in [5.41, 5.74) is 7.17. The molecule has 4 fully saturated rings. The first kappa shape index (κ1) is 11.1. The van der Waals surface area contributed by atoms with Crippen molar-refractivity contribution in [3.05, 3.63) is 0 Å². The molecule has 0 aromatic rings. The van der Waals surface area contributed by atoms with Crippen LogP contribution in [0.25, 0.3) is 0 Å². The monoisotopic (exact) mass is 221 g/mol. The smallest absolute Gasteiger partial charge is 0.00436 e. The summed E-state index contributed by atoms with van der Waals surface area (Å²) in [7, 11) is 0. The highest BCUT2D eigenvalue weighted by Gasteiger charge is 2.58. The van der Waals surface area contributed by atoms with Crippen molar-refractivity contribution in [2.75, 3.05) is 6.54 Å². The third-order valence-corrected chi connectivity index (χ3v) is 6.33. The predicted octanol–water partition coefficient (Wildman–Crippen LogP) is 3.43. The summed E-state index contributed by atoms with van der Waals surface area (Å²) in [4.78, 5) is 0. The first-order valence-corrected chi connectivity index (χ1v) is 7.15. The molecular formula is C15H27N. The van der Waals surface area contributed by atoms with Crippen molar-refractivity contribution >= 4 is 0 Å². The van der Waals surface area contributed by atoms with Gasteiger partial charge in [0, 0.05) is 0 Å². The maximum Gasteiger partial charge on any atom is -0.00436 e. The van der Waals surface area contributed by atoms with Crippen molar-refractivity contribution in [3.63, 3.8) is 0 Å². The van der Waals surface area contributed by atoms with Crippen LogP contribution in [0.5, 0.6) is 0 Å². The summed E-state index contributed by atoms with van der Waals surface area (Å²) in [6.07, 6.45) is 7.46. The lowest BCUT2D eigenvalue weighted by molar-refractivity contribution is -0.141. The molecule has 0 aromatic carbocycles. The highest BCUT2D eigenvalue weighted by molar-refractivity contribution is 5.08. The van der Waals surface area contributed by atoms with Gasteiger partial charge in [0.25, 0.3) is 0 Å². The minimum atomic E-state index is 0.502. The Kier molecular flexibility index (Phi) is 2.25. The van der Waals surface area contributed by atoms with Crippen molar-refractivity contribution in [1.29, 1.82) is 0 Å². The fourth-order valence-electron chi connectivity index (χ4n) is 5.43. The largest absolute Gasteiger partial charge is 0.330 e. The molecule has 92 valence electrons. The van der Waals surface area contributed by atoms with E-state index in [4.69, 9.17) is 5.73 Å². The molecule has 0 spiro atoms. The Morgan fingerprint density at radius 3 is 2.06 bits per heavy atom. The minimum Gasteiger partial charge on any atom is -0.330 e. The van der Waals surface area contributed by atoms with E-state index in [1.807, 2.05) is 0 Å². The molecule has 4 aliphatic carbocycles. The topological polar surface area (TPSA) is 26.0 Å². The first-order chi connectivity index (χ1) is 7.45. The fourth-order valence-corrected chi connectivity index (χ4v) is 5.43. The Hall–Kier alpha value is -0.0400. The lowest BCUT2D eigenvalue weighted by Crippen LogP contribution is -2.56. The molecule has 4 saturated carbocycles. The molecule has 0 aromatic heterocycles. The summed E-state index contributed by atoms with van der Waals surface area (Å²) in [6, 6.07) is 0. The van der Waals surface area contributed by atoms with Gasteiger partial charge in [0.05, 0.1) is 0 Å². The summed E-state index contributed by atoms with van der Waals surface area (Å²) in [6.45, 7) is 8.36. The maximum atomic E-state index is 6.01. The molecule has 4 bridgehead atoms. The second-order valence-electron chi connectivity index (χ2n) is 7.90. The molecule has 0 amide bonds. The van der Waals surface area contributed by atoms with Crippen LogP contribution in [0.4, 0.5) is 0 Å². The lowest BCUT2D eigenvalue weighted by Gasteiger charge is -2.64. The van der Waals surface area contributed by atoms with Crippen LogP contribution in [0.1, 0.15) is 52.9 Å². The Morgan fingerprint density at radius 2 is 1.62 bits per heavy atom. The number of nitrogens with two attached hydrogens (primary N) is 1. The van der Waals surface area contributed by atoms with Crippen LogP contribution in [0, 0.1) is 34.5 Å². The van der Waals surface area contributed by atoms with Gasteiger partial charge in [-0.1, -0.05) is 20.8 Å². The van der Waals surface area contributed by atoms with Gasteiger partial charge in [0.15, 0.2) is 0 Å². The second-order valence-corrected chi connectivity index (χ2v) is 7.90. The van der Waals surface area contributed by atoms with Gasteiger partial charge in [0.2, 0.25) is 0 Å². The van der Waals surface area contributed by atoms with Crippen molar-refractivity contribution in [1.82, 2.24) is 0 Å². The molecule has 2 N–H and O–H groups in total. The normalized spacial score (nSPS) is 51.0. The molecular weight excluding hydrogens is 194 g/mol. The van der Waals surface area contributed by atoms with E-state index in [0.29, 0.717) is 10.8 Å². The zero-order valence-corrected chi connectivity index (χ0v) is 11.1. The van der Waals surface area contributed by atoms with Gasteiger partial charge in [0.1, 0.15) is 0 Å². The van der Waals surface area contributed by atoms with Gasteiger partial charge >= 0.3 is 0 Å². The summed E-state index contributed by atoms with van der Waals surface area (Å²) >= 11 is 0. The van der Waals surface area contributed by atoms with Crippen LogP contribution in [-0.2, 0) is 0 Å². The van der Waals surface area contributed by atoms with Crippen LogP contribution in [0.15, 0.2) is 0 Å². The Labute approximate surface area is 100 Å². The van der Waals surface area contributed by atoms with Crippen molar-refractivity contribution < 1.29 is 0 Å². The van der Waals surface area contributed by atoms with E-state index in [9.17, 15) is 0 Å². The number of hydrogen-bond acceptors (Lipinski definition) is 1. The third kappa shape index (κ3) is 1.33. The molecule has 2 unspecified atom stereocenters. The summed E-state index contributed by atoms with van der Waals surface area (Å²) in [5, 5.41) is 0. The molecule has 0 radical (unpaired) electrons. The van der Waals surface area contributed by atoms with Gasteiger partial charge in [-0.25, -0.2) is 0 Å².